The summed E-state index contributed by atoms with van der Waals surface area (Å²) < 4.78 is 5.06. The van der Waals surface area contributed by atoms with Crippen LogP contribution >= 0.6 is 0 Å². The Labute approximate surface area is 216 Å². The van der Waals surface area contributed by atoms with Crippen molar-refractivity contribution in [2.45, 2.75) is 6.92 Å². The molecule has 0 aliphatic carbocycles. The summed E-state index contributed by atoms with van der Waals surface area (Å²) in [6.45, 7) is 1.85. The third-order valence-electron chi connectivity index (χ3n) is 5.90. The minimum absolute atomic E-state index is 0.0351. The summed E-state index contributed by atoms with van der Waals surface area (Å²) in [6, 6.07) is 19.3. The van der Waals surface area contributed by atoms with Crippen LogP contribution in [0.4, 0.5) is 17.1 Å². The zero-order valence-corrected chi connectivity index (χ0v) is 20.0. The van der Waals surface area contributed by atoms with Crippen molar-refractivity contribution in [3.63, 3.8) is 0 Å². The van der Waals surface area contributed by atoms with E-state index in [1.54, 1.807) is 49.4 Å². The van der Waals surface area contributed by atoms with Crippen molar-refractivity contribution >= 4 is 51.5 Å². The van der Waals surface area contributed by atoms with Gasteiger partial charge in [-0.1, -0.05) is 36.4 Å². The molecule has 1 aliphatic heterocycles. The number of para-hydroxylation sites is 1. The van der Waals surface area contributed by atoms with Crippen LogP contribution in [0.5, 0.6) is 5.75 Å². The van der Waals surface area contributed by atoms with Gasteiger partial charge in [-0.15, -0.1) is 5.11 Å². The van der Waals surface area contributed by atoms with Crippen LogP contribution < -0.4 is 10.6 Å². The molecule has 0 fully saturated rings. The number of azo groups is 1. The number of amides is 3. The number of phenolic OH excluding ortho intramolecular Hbond substituents is 1. The van der Waals surface area contributed by atoms with Gasteiger partial charge in [0.1, 0.15) is 5.69 Å². The Morgan fingerprint density at radius 2 is 1.63 bits per heavy atom. The van der Waals surface area contributed by atoms with Crippen molar-refractivity contribution in [1.82, 2.24) is 5.32 Å². The first kappa shape index (κ1) is 24.3. The Morgan fingerprint density at radius 3 is 2.45 bits per heavy atom. The Hall–Kier alpha value is -5.38. The van der Waals surface area contributed by atoms with Gasteiger partial charge in [0.05, 0.1) is 40.2 Å². The van der Waals surface area contributed by atoms with Crippen molar-refractivity contribution in [2.24, 2.45) is 10.2 Å². The molecule has 4 aromatic carbocycles. The summed E-state index contributed by atoms with van der Waals surface area (Å²) in [5.74, 6) is -2.70. The molecular formula is C28H20N4O6. The van der Waals surface area contributed by atoms with Crippen LogP contribution in [0.25, 0.3) is 10.8 Å². The molecule has 0 unspecified atom stereocenters. The second kappa shape index (κ2) is 9.94. The van der Waals surface area contributed by atoms with Gasteiger partial charge in [-0.05, 0) is 48.7 Å². The highest BCUT2D eigenvalue weighted by Gasteiger charge is 2.27. The molecule has 0 bridgehead atoms. The number of nitrogens with one attached hydrogen (secondary N) is 2. The lowest BCUT2D eigenvalue weighted by Crippen LogP contribution is -2.19. The number of carbonyl (C=O) groups excluding carboxylic acids is 4. The van der Waals surface area contributed by atoms with Crippen LogP contribution in [0.2, 0.25) is 0 Å². The number of phenols is 1. The fourth-order valence-corrected chi connectivity index (χ4v) is 4.09. The highest BCUT2D eigenvalue weighted by molar-refractivity contribution is 6.21. The summed E-state index contributed by atoms with van der Waals surface area (Å²) in [6.07, 6.45) is 0. The van der Waals surface area contributed by atoms with E-state index in [0.29, 0.717) is 10.8 Å². The molecule has 0 atom stereocenters. The molecule has 5 rings (SSSR count). The Bertz CT molecular complexity index is 1680. The van der Waals surface area contributed by atoms with Crippen LogP contribution in [0, 0.1) is 0 Å². The molecular weight excluding hydrogens is 488 g/mol. The minimum Gasteiger partial charge on any atom is -0.505 e. The predicted octanol–water partition coefficient (Wildman–Crippen LogP) is 5.27. The van der Waals surface area contributed by atoms with Crippen LogP contribution in [0.15, 0.2) is 83.0 Å². The molecule has 0 spiro atoms. The van der Waals surface area contributed by atoms with Crippen molar-refractivity contribution in [3.8, 4) is 5.75 Å². The average Bonchev–Trinajstić information content (AvgIpc) is 3.20. The SMILES string of the molecule is CCOC(=O)c1ccccc1NC(=O)c1cc2ccccc2c(N=Nc2ccc3c(c2)C(=O)NC3=O)c1O. The molecule has 0 saturated heterocycles. The maximum Gasteiger partial charge on any atom is 0.340 e. The van der Waals surface area contributed by atoms with E-state index in [-0.39, 0.29) is 45.9 Å². The summed E-state index contributed by atoms with van der Waals surface area (Å²) in [5, 5.41) is 25.5. The van der Waals surface area contributed by atoms with Crippen LogP contribution in [-0.2, 0) is 4.74 Å². The zero-order chi connectivity index (χ0) is 26.8. The van der Waals surface area contributed by atoms with Gasteiger partial charge in [0, 0.05) is 5.39 Å². The molecule has 188 valence electrons. The Balaban J connectivity index is 1.53. The van der Waals surface area contributed by atoms with E-state index < -0.39 is 29.4 Å². The fraction of sp³-hybridized carbons (Fsp3) is 0.0714. The zero-order valence-electron chi connectivity index (χ0n) is 20.0. The standard InChI is InChI=1S/C28H20N4O6/c1-2-38-28(37)19-9-5-6-10-22(19)29-27(36)21-13-15-7-3-4-8-17(15)23(24(21)33)32-31-16-11-12-18-20(14-16)26(35)30-25(18)34/h3-14,33H,2H2,1H3,(H,29,36)(H,30,34,35). The van der Waals surface area contributed by atoms with E-state index in [4.69, 9.17) is 4.74 Å². The number of esters is 1. The molecule has 1 aliphatic rings. The van der Waals surface area contributed by atoms with Gasteiger partial charge in [-0.25, -0.2) is 4.79 Å². The maximum absolute atomic E-state index is 13.3. The van der Waals surface area contributed by atoms with Crippen LogP contribution in [0.1, 0.15) is 48.4 Å². The summed E-state index contributed by atoms with van der Waals surface area (Å²) >= 11 is 0. The smallest absolute Gasteiger partial charge is 0.340 e. The molecule has 10 heteroatoms. The lowest BCUT2D eigenvalue weighted by Gasteiger charge is -2.13. The molecule has 4 aromatic rings. The summed E-state index contributed by atoms with van der Waals surface area (Å²) in [5.41, 5.74) is 1.02. The van der Waals surface area contributed by atoms with E-state index in [2.05, 4.69) is 20.9 Å². The van der Waals surface area contributed by atoms with Crippen molar-refractivity contribution in [2.75, 3.05) is 11.9 Å². The molecule has 0 aromatic heterocycles. The van der Waals surface area contributed by atoms with E-state index >= 15 is 0 Å². The van der Waals surface area contributed by atoms with Crippen molar-refractivity contribution in [3.05, 3.63) is 95.1 Å². The molecule has 0 saturated carbocycles. The van der Waals surface area contributed by atoms with E-state index in [9.17, 15) is 24.3 Å². The van der Waals surface area contributed by atoms with Crippen LogP contribution in [-0.4, -0.2) is 35.4 Å². The highest BCUT2D eigenvalue weighted by Crippen LogP contribution is 2.40. The van der Waals surface area contributed by atoms with Gasteiger partial charge in [-0.3, -0.25) is 19.7 Å². The summed E-state index contributed by atoms with van der Waals surface area (Å²) in [4.78, 5) is 49.4. The lowest BCUT2D eigenvalue weighted by atomic mass is 10.0. The molecule has 1 heterocycles. The first-order chi connectivity index (χ1) is 18.4. The molecule has 3 amide bonds. The largest absolute Gasteiger partial charge is 0.505 e. The number of fused-ring (bicyclic) bond motifs is 2. The fourth-order valence-electron chi connectivity index (χ4n) is 4.09. The second-order valence-electron chi connectivity index (χ2n) is 8.28. The van der Waals surface area contributed by atoms with Crippen molar-refractivity contribution < 1.29 is 29.0 Å². The Morgan fingerprint density at radius 1 is 0.895 bits per heavy atom. The van der Waals surface area contributed by atoms with Gasteiger partial charge >= 0.3 is 5.97 Å². The monoisotopic (exact) mass is 508 g/mol. The van der Waals surface area contributed by atoms with Gasteiger partial charge in [0.15, 0.2) is 5.75 Å². The van der Waals surface area contributed by atoms with Gasteiger partial charge < -0.3 is 15.2 Å². The number of hydrogen-bond donors (Lipinski definition) is 3. The third kappa shape index (κ3) is 4.46. The first-order valence-electron chi connectivity index (χ1n) is 11.6. The number of imide groups is 1. The number of anilines is 1. The Kier molecular flexibility index (Phi) is 6.36. The maximum atomic E-state index is 13.3. The number of ether oxygens (including phenoxy) is 1. The van der Waals surface area contributed by atoms with Gasteiger partial charge in [-0.2, -0.15) is 5.11 Å². The second-order valence-corrected chi connectivity index (χ2v) is 8.28. The molecule has 38 heavy (non-hydrogen) atoms. The number of benzene rings is 4. The molecule has 10 nitrogen and oxygen atoms in total. The summed E-state index contributed by atoms with van der Waals surface area (Å²) in [7, 11) is 0. The number of aromatic hydroxyl groups is 1. The normalized spacial score (nSPS) is 12.4. The van der Waals surface area contributed by atoms with Gasteiger partial charge in [0.25, 0.3) is 17.7 Å². The minimum atomic E-state index is -0.672. The quantitative estimate of drug-likeness (QED) is 0.184. The van der Waals surface area contributed by atoms with Crippen LogP contribution in [0.3, 0.4) is 0 Å². The predicted molar refractivity (Wildman–Crippen MR) is 138 cm³/mol. The van der Waals surface area contributed by atoms with E-state index in [0.717, 1.165) is 0 Å². The highest BCUT2D eigenvalue weighted by atomic mass is 16.5. The molecule has 0 radical (unpaired) electrons. The van der Waals surface area contributed by atoms with Gasteiger partial charge in [0.2, 0.25) is 0 Å². The number of rotatable bonds is 6. The van der Waals surface area contributed by atoms with Crippen molar-refractivity contribution in [1.29, 1.82) is 0 Å². The first-order valence-corrected chi connectivity index (χ1v) is 11.6. The average molecular weight is 508 g/mol. The number of nitrogens with zero attached hydrogens (tertiary/aromatic N) is 2. The topological polar surface area (TPSA) is 147 Å². The molecule has 3 N–H and O–H groups in total. The van der Waals surface area contributed by atoms with E-state index in [1.165, 1.54) is 30.3 Å². The third-order valence-corrected chi connectivity index (χ3v) is 5.90. The number of carbonyl (C=O) groups is 4. The lowest BCUT2D eigenvalue weighted by molar-refractivity contribution is 0.0527. The number of hydrogen-bond acceptors (Lipinski definition) is 8. The van der Waals surface area contributed by atoms with E-state index in [1.807, 2.05) is 0 Å².